The Kier molecular flexibility index (Phi) is 3.69. The van der Waals surface area contributed by atoms with Crippen LogP contribution in [0.5, 0.6) is 0 Å². The van der Waals surface area contributed by atoms with Gasteiger partial charge in [0.15, 0.2) is 0 Å². The van der Waals surface area contributed by atoms with Crippen LogP contribution in [0.25, 0.3) is 0 Å². The zero-order valence-corrected chi connectivity index (χ0v) is 9.79. The second kappa shape index (κ2) is 4.62. The third kappa shape index (κ3) is 3.51. The fourth-order valence-electron chi connectivity index (χ4n) is 1.37. The normalized spacial score (nSPS) is 11.7. The fraction of sp³-hybridized carbons (Fsp3) is 0.583. The molecule has 2 N–H and O–H groups in total. The van der Waals surface area contributed by atoms with Crippen LogP contribution in [0.1, 0.15) is 32.8 Å². The van der Waals surface area contributed by atoms with Crippen LogP contribution in [0.2, 0.25) is 0 Å². The molecule has 1 rings (SSSR count). The Morgan fingerprint density at radius 2 is 2.07 bits per heavy atom. The van der Waals surface area contributed by atoms with Gasteiger partial charge in [0, 0.05) is 24.8 Å². The highest BCUT2D eigenvalue weighted by molar-refractivity contribution is 5.09. The van der Waals surface area contributed by atoms with Crippen molar-refractivity contribution in [2.24, 2.45) is 11.1 Å². The first-order valence-electron chi connectivity index (χ1n) is 5.32. The van der Waals surface area contributed by atoms with E-state index in [1.165, 1.54) is 0 Å². The predicted octanol–water partition coefficient (Wildman–Crippen LogP) is 1.74. The van der Waals surface area contributed by atoms with E-state index in [0.29, 0.717) is 12.1 Å². The molecule has 0 radical (unpaired) electrons. The fourth-order valence-corrected chi connectivity index (χ4v) is 1.37. The summed E-state index contributed by atoms with van der Waals surface area (Å²) in [5, 5.41) is 0. The summed E-state index contributed by atoms with van der Waals surface area (Å²) in [6.07, 6.45) is 2.81. The van der Waals surface area contributed by atoms with Crippen molar-refractivity contribution >= 4 is 0 Å². The lowest BCUT2D eigenvalue weighted by atomic mass is 9.92. The van der Waals surface area contributed by atoms with Gasteiger partial charge in [0.1, 0.15) is 0 Å². The lowest BCUT2D eigenvalue weighted by Gasteiger charge is -2.18. The quantitative estimate of drug-likeness (QED) is 0.822. The molecule has 3 nitrogen and oxygen atoms in total. The Balaban J connectivity index is 2.83. The Bertz CT molecular complexity index is 374. The summed E-state index contributed by atoms with van der Waals surface area (Å²) in [5.41, 5.74) is 6.47. The molecule has 0 spiro atoms. The molecule has 84 valence electrons. The molecule has 1 aromatic heterocycles. The smallest absolute Gasteiger partial charge is 0.255 e. The summed E-state index contributed by atoms with van der Waals surface area (Å²) >= 11 is 0. The Hall–Kier alpha value is -1.09. The van der Waals surface area contributed by atoms with E-state index in [2.05, 4.69) is 20.8 Å². The van der Waals surface area contributed by atoms with E-state index in [1.807, 2.05) is 12.3 Å². The zero-order chi connectivity index (χ0) is 11.5. The summed E-state index contributed by atoms with van der Waals surface area (Å²) in [6, 6.07) is 3.67. The minimum absolute atomic E-state index is 0.0456. The molecule has 0 fully saturated rings. The minimum atomic E-state index is 0.0456. The maximum Gasteiger partial charge on any atom is 0.255 e. The van der Waals surface area contributed by atoms with Crippen molar-refractivity contribution in [3.8, 4) is 0 Å². The van der Waals surface area contributed by atoms with Gasteiger partial charge in [0.05, 0.1) is 0 Å². The summed E-state index contributed by atoms with van der Waals surface area (Å²) < 4.78 is 1.74. The van der Waals surface area contributed by atoms with Crippen molar-refractivity contribution in [3.63, 3.8) is 0 Å². The van der Waals surface area contributed by atoms with Crippen molar-refractivity contribution in [2.45, 2.75) is 40.3 Å². The molecule has 1 aromatic rings. The monoisotopic (exact) mass is 208 g/mol. The second-order valence-electron chi connectivity index (χ2n) is 5.05. The number of pyridine rings is 1. The number of rotatable bonds is 3. The van der Waals surface area contributed by atoms with E-state index in [9.17, 15) is 4.79 Å². The van der Waals surface area contributed by atoms with Crippen molar-refractivity contribution in [3.05, 3.63) is 34.2 Å². The number of nitrogens with two attached hydrogens (primary N) is 1. The molecule has 0 unspecified atom stereocenters. The van der Waals surface area contributed by atoms with Crippen LogP contribution in [0, 0.1) is 5.41 Å². The Labute approximate surface area is 90.9 Å². The van der Waals surface area contributed by atoms with E-state index in [0.717, 1.165) is 13.0 Å². The molecule has 0 saturated carbocycles. The van der Waals surface area contributed by atoms with Crippen molar-refractivity contribution in [1.82, 2.24) is 4.57 Å². The molecule has 0 bridgehead atoms. The van der Waals surface area contributed by atoms with Gasteiger partial charge in [-0.1, -0.05) is 26.8 Å². The highest BCUT2D eigenvalue weighted by Gasteiger charge is 2.10. The van der Waals surface area contributed by atoms with Gasteiger partial charge in [-0.2, -0.15) is 0 Å². The molecule has 0 aliphatic rings. The average molecular weight is 208 g/mol. The van der Waals surface area contributed by atoms with Crippen molar-refractivity contribution < 1.29 is 0 Å². The standard InChI is InChI=1S/C12H20N2O/c1-12(2,3)6-8-14-7-4-5-10(9-13)11(14)15/h4-5,7H,6,8-9,13H2,1-3H3. The molecule has 0 aliphatic heterocycles. The molecule has 1 heterocycles. The van der Waals surface area contributed by atoms with E-state index in [1.54, 1.807) is 10.6 Å². The van der Waals surface area contributed by atoms with Gasteiger partial charge in [0.2, 0.25) is 0 Å². The third-order valence-electron chi connectivity index (χ3n) is 2.42. The topological polar surface area (TPSA) is 48.0 Å². The van der Waals surface area contributed by atoms with Crippen LogP contribution >= 0.6 is 0 Å². The molecular weight excluding hydrogens is 188 g/mol. The van der Waals surface area contributed by atoms with E-state index >= 15 is 0 Å². The van der Waals surface area contributed by atoms with Crippen molar-refractivity contribution in [2.75, 3.05) is 0 Å². The van der Waals surface area contributed by atoms with Crippen LogP contribution in [0.15, 0.2) is 23.1 Å². The highest BCUT2D eigenvalue weighted by Crippen LogP contribution is 2.18. The predicted molar refractivity (Wildman–Crippen MR) is 62.7 cm³/mol. The third-order valence-corrected chi connectivity index (χ3v) is 2.42. The first-order chi connectivity index (χ1) is 6.94. The second-order valence-corrected chi connectivity index (χ2v) is 5.05. The Morgan fingerprint density at radius 3 is 2.60 bits per heavy atom. The SMILES string of the molecule is CC(C)(C)CCn1cccc(CN)c1=O. The largest absolute Gasteiger partial charge is 0.326 e. The highest BCUT2D eigenvalue weighted by atomic mass is 16.1. The molecule has 0 amide bonds. The number of aryl methyl sites for hydroxylation is 1. The van der Waals surface area contributed by atoms with Gasteiger partial charge in [-0.05, 0) is 17.9 Å². The van der Waals surface area contributed by atoms with Crippen LogP contribution in [-0.2, 0) is 13.1 Å². The number of hydrogen-bond acceptors (Lipinski definition) is 2. The molecule has 15 heavy (non-hydrogen) atoms. The maximum absolute atomic E-state index is 11.8. The van der Waals surface area contributed by atoms with Crippen LogP contribution in [0.4, 0.5) is 0 Å². The minimum Gasteiger partial charge on any atom is -0.326 e. The summed E-state index contributed by atoms with van der Waals surface area (Å²) in [7, 11) is 0. The molecular formula is C12H20N2O. The van der Waals surface area contributed by atoms with Crippen molar-refractivity contribution in [1.29, 1.82) is 0 Å². The average Bonchev–Trinajstić information content (AvgIpc) is 2.15. The molecule has 0 atom stereocenters. The summed E-state index contributed by atoms with van der Waals surface area (Å²) in [6.45, 7) is 7.59. The summed E-state index contributed by atoms with van der Waals surface area (Å²) in [5.74, 6) is 0. The maximum atomic E-state index is 11.8. The van der Waals surface area contributed by atoms with E-state index in [4.69, 9.17) is 5.73 Å². The van der Waals surface area contributed by atoms with Crippen LogP contribution in [0.3, 0.4) is 0 Å². The van der Waals surface area contributed by atoms with Gasteiger partial charge >= 0.3 is 0 Å². The van der Waals surface area contributed by atoms with E-state index < -0.39 is 0 Å². The molecule has 3 heteroatoms. The lowest BCUT2D eigenvalue weighted by Crippen LogP contribution is -2.26. The van der Waals surface area contributed by atoms with Gasteiger partial charge < -0.3 is 10.3 Å². The van der Waals surface area contributed by atoms with E-state index in [-0.39, 0.29) is 11.0 Å². The van der Waals surface area contributed by atoms with Gasteiger partial charge in [-0.15, -0.1) is 0 Å². The summed E-state index contributed by atoms with van der Waals surface area (Å²) in [4.78, 5) is 11.8. The number of aromatic nitrogens is 1. The molecule has 0 aliphatic carbocycles. The number of nitrogens with zero attached hydrogens (tertiary/aromatic N) is 1. The molecule has 0 aromatic carbocycles. The van der Waals surface area contributed by atoms with Gasteiger partial charge in [-0.25, -0.2) is 0 Å². The molecule has 0 saturated heterocycles. The zero-order valence-electron chi connectivity index (χ0n) is 9.79. The van der Waals surface area contributed by atoms with Gasteiger partial charge in [0.25, 0.3) is 5.56 Å². The lowest BCUT2D eigenvalue weighted by molar-refractivity contribution is 0.347. The number of hydrogen-bond donors (Lipinski definition) is 1. The van der Waals surface area contributed by atoms with Crippen LogP contribution < -0.4 is 11.3 Å². The first kappa shape index (κ1) is 12.0. The van der Waals surface area contributed by atoms with Crippen LogP contribution in [-0.4, -0.2) is 4.57 Å². The first-order valence-corrected chi connectivity index (χ1v) is 5.32. The van der Waals surface area contributed by atoms with Gasteiger partial charge in [-0.3, -0.25) is 4.79 Å². The Morgan fingerprint density at radius 1 is 1.40 bits per heavy atom.